The van der Waals surface area contributed by atoms with E-state index in [-0.39, 0.29) is 10.7 Å². The lowest BCUT2D eigenvalue weighted by Crippen LogP contribution is -2.24. The molecule has 0 aliphatic carbocycles. The van der Waals surface area contributed by atoms with Crippen molar-refractivity contribution in [2.75, 3.05) is 7.05 Å². The standard InChI is InChI=1S/C21H26FN4O2PS/c1-14(10-17(23)13-24-3)26-30(27,28)21-7-5-4-6-18(21)15(2)25-12-16-8-9-19(22)20(29)11-16/h4-11,13,24-26H,2,12,23,29H2,1,3H3/b14-10+,17-13+. The Balaban J connectivity index is 2.22. The predicted octanol–water partition coefficient (Wildman–Crippen LogP) is 2.29. The van der Waals surface area contributed by atoms with Crippen LogP contribution < -0.4 is 26.4 Å². The summed E-state index contributed by atoms with van der Waals surface area (Å²) in [6.07, 6.45) is 3.06. The molecule has 0 fully saturated rings. The van der Waals surface area contributed by atoms with E-state index in [0.29, 0.717) is 34.5 Å². The number of hydrogen-bond donors (Lipinski definition) is 4. The Morgan fingerprint density at radius 2 is 1.97 bits per heavy atom. The first kappa shape index (κ1) is 23.4. The number of allylic oxidation sites excluding steroid dienone is 2. The summed E-state index contributed by atoms with van der Waals surface area (Å²) in [5, 5.41) is 6.34. The van der Waals surface area contributed by atoms with Gasteiger partial charge in [0.25, 0.3) is 10.0 Å². The van der Waals surface area contributed by atoms with Crippen molar-refractivity contribution in [1.82, 2.24) is 15.4 Å². The summed E-state index contributed by atoms with van der Waals surface area (Å²) in [5.41, 5.74) is 8.23. The maximum atomic E-state index is 13.4. The summed E-state index contributed by atoms with van der Waals surface area (Å²) in [7, 11) is 0.168. The summed E-state index contributed by atoms with van der Waals surface area (Å²) >= 11 is 0. The zero-order valence-corrected chi connectivity index (χ0v) is 18.8. The van der Waals surface area contributed by atoms with Crippen LogP contribution in [0, 0.1) is 5.82 Å². The highest BCUT2D eigenvalue weighted by molar-refractivity contribution is 7.89. The molecule has 0 aromatic heterocycles. The molecule has 0 spiro atoms. The molecular weight excluding hydrogens is 422 g/mol. The van der Waals surface area contributed by atoms with E-state index in [1.54, 1.807) is 50.5 Å². The van der Waals surface area contributed by atoms with Crippen molar-refractivity contribution in [3.8, 4) is 0 Å². The number of rotatable bonds is 9. The number of benzene rings is 2. The van der Waals surface area contributed by atoms with E-state index < -0.39 is 10.0 Å². The van der Waals surface area contributed by atoms with Crippen molar-refractivity contribution >= 4 is 30.3 Å². The normalized spacial score (nSPS) is 12.4. The summed E-state index contributed by atoms with van der Waals surface area (Å²) in [6, 6.07) is 11.3. The molecule has 6 nitrogen and oxygen atoms in total. The molecule has 2 aromatic rings. The minimum Gasteiger partial charge on any atom is -0.398 e. The first-order valence-corrected chi connectivity index (χ1v) is 11.1. The fourth-order valence-electron chi connectivity index (χ4n) is 2.71. The molecule has 0 aliphatic heterocycles. The van der Waals surface area contributed by atoms with Crippen molar-refractivity contribution < 1.29 is 12.8 Å². The topological polar surface area (TPSA) is 96.2 Å². The second-order valence-corrected chi connectivity index (χ2v) is 8.82. The van der Waals surface area contributed by atoms with E-state index in [1.807, 2.05) is 0 Å². The first-order chi connectivity index (χ1) is 14.1. The molecule has 2 rings (SSSR count). The lowest BCUT2D eigenvalue weighted by molar-refractivity contribution is 0.588. The molecule has 2 aromatic carbocycles. The largest absolute Gasteiger partial charge is 0.398 e. The van der Waals surface area contributed by atoms with E-state index in [0.717, 1.165) is 5.56 Å². The van der Waals surface area contributed by atoms with Crippen LogP contribution in [0.1, 0.15) is 18.1 Å². The van der Waals surface area contributed by atoms with Crippen LogP contribution in [0.4, 0.5) is 4.39 Å². The third-order valence-electron chi connectivity index (χ3n) is 4.06. The molecule has 0 aliphatic rings. The smallest absolute Gasteiger partial charge is 0.262 e. The van der Waals surface area contributed by atoms with E-state index in [4.69, 9.17) is 5.73 Å². The molecule has 30 heavy (non-hydrogen) atoms. The van der Waals surface area contributed by atoms with Gasteiger partial charge in [-0.3, -0.25) is 4.72 Å². The molecule has 1 unspecified atom stereocenters. The van der Waals surface area contributed by atoms with E-state index >= 15 is 0 Å². The van der Waals surface area contributed by atoms with Gasteiger partial charge in [-0.15, -0.1) is 9.24 Å². The molecule has 160 valence electrons. The number of nitrogens with one attached hydrogen (secondary N) is 3. The predicted molar refractivity (Wildman–Crippen MR) is 123 cm³/mol. The fraction of sp³-hybridized carbons (Fsp3) is 0.143. The number of hydrogen-bond acceptors (Lipinski definition) is 5. The molecule has 5 N–H and O–H groups in total. The summed E-state index contributed by atoms with van der Waals surface area (Å²) in [4.78, 5) is 0.0808. The minimum absolute atomic E-state index is 0.0808. The fourth-order valence-corrected chi connectivity index (χ4v) is 4.35. The van der Waals surface area contributed by atoms with E-state index in [1.165, 1.54) is 18.2 Å². The van der Waals surface area contributed by atoms with Crippen molar-refractivity contribution in [2.45, 2.75) is 18.4 Å². The molecule has 0 radical (unpaired) electrons. The average molecular weight is 449 g/mol. The quantitative estimate of drug-likeness (QED) is 0.349. The molecular formula is C21H26FN4O2PS. The molecule has 1 atom stereocenters. The maximum Gasteiger partial charge on any atom is 0.262 e. The molecule has 0 saturated heterocycles. The van der Waals surface area contributed by atoms with Crippen molar-refractivity contribution in [3.63, 3.8) is 0 Å². The van der Waals surface area contributed by atoms with Crippen molar-refractivity contribution in [2.24, 2.45) is 5.73 Å². The highest BCUT2D eigenvalue weighted by Gasteiger charge is 2.19. The Labute approximate surface area is 179 Å². The van der Waals surface area contributed by atoms with Crippen LogP contribution in [0.15, 0.2) is 77.6 Å². The van der Waals surface area contributed by atoms with Gasteiger partial charge in [0.2, 0.25) is 0 Å². The number of sulfonamides is 1. The summed E-state index contributed by atoms with van der Waals surface area (Å²) < 4.78 is 41.8. The zero-order valence-electron chi connectivity index (χ0n) is 16.9. The summed E-state index contributed by atoms with van der Waals surface area (Å²) in [5.74, 6) is -0.307. The third kappa shape index (κ3) is 6.34. The number of nitrogens with two attached hydrogens (primary N) is 1. The van der Waals surface area contributed by atoms with E-state index in [9.17, 15) is 12.8 Å². The first-order valence-electron chi connectivity index (χ1n) is 9.04. The SMILES string of the molecule is C=C(NCc1ccc(F)c(P)c1)c1ccccc1S(=O)(=O)N/C(C)=C/C(N)=C\NC. The van der Waals surface area contributed by atoms with Gasteiger partial charge in [0.05, 0.1) is 4.90 Å². The molecule has 0 bridgehead atoms. The molecule has 9 heteroatoms. The monoisotopic (exact) mass is 448 g/mol. The molecule has 0 saturated carbocycles. The Hall–Kier alpha value is -2.83. The Bertz CT molecular complexity index is 1100. The van der Waals surface area contributed by atoms with Gasteiger partial charge in [0, 0.05) is 47.8 Å². The Morgan fingerprint density at radius 1 is 1.27 bits per heavy atom. The van der Waals surface area contributed by atoms with Crippen LogP contribution in [0.25, 0.3) is 5.70 Å². The van der Waals surface area contributed by atoms with Crippen LogP contribution in [0.5, 0.6) is 0 Å². The third-order valence-corrected chi connectivity index (χ3v) is 6.03. The summed E-state index contributed by atoms with van der Waals surface area (Å²) in [6.45, 7) is 5.95. The van der Waals surface area contributed by atoms with Gasteiger partial charge in [0.1, 0.15) is 5.82 Å². The van der Waals surface area contributed by atoms with Crippen LogP contribution in [0.3, 0.4) is 0 Å². The van der Waals surface area contributed by atoms with Crippen LogP contribution >= 0.6 is 9.24 Å². The van der Waals surface area contributed by atoms with Crippen LogP contribution in [-0.4, -0.2) is 15.5 Å². The lowest BCUT2D eigenvalue weighted by atomic mass is 10.1. The Morgan fingerprint density at radius 3 is 2.63 bits per heavy atom. The van der Waals surface area contributed by atoms with Gasteiger partial charge in [-0.2, -0.15) is 0 Å². The van der Waals surface area contributed by atoms with Gasteiger partial charge >= 0.3 is 0 Å². The zero-order chi connectivity index (χ0) is 22.3. The minimum atomic E-state index is -3.87. The molecule has 0 amide bonds. The van der Waals surface area contributed by atoms with Crippen LogP contribution in [-0.2, 0) is 16.6 Å². The maximum absolute atomic E-state index is 13.4. The van der Waals surface area contributed by atoms with Crippen LogP contribution in [0.2, 0.25) is 0 Å². The Kier molecular flexibility index (Phi) is 8.03. The second-order valence-electron chi connectivity index (χ2n) is 6.55. The molecule has 0 heterocycles. The second kappa shape index (κ2) is 10.3. The van der Waals surface area contributed by atoms with Gasteiger partial charge in [-0.1, -0.05) is 30.8 Å². The highest BCUT2D eigenvalue weighted by atomic mass is 32.2. The van der Waals surface area contributed by atoms with Crippen molar-refractivity contribution in [3.05, 3.63) is 89.7 Å². The highest BCUT2D eigenvalue weighted by Crippen LogP contribution is 2.22. The van der Waals surface area contributed by atoms with Crippen molar-refractivity contribution in [1.29, 1.82) is 0 Å². The van der Waals surface area contributed by atoms with Gasteiger partial charge < -0.3 is 16.4 Å². The van der Waals surface area contributed by atoms with E-state index in [2.05, 4.69) is 31.2 Å². The lowest BCUT2D eigenvalue weighted by Gasteiger charge is -2.16. The van der Waals surface area contributed by atoms with Gasteiger partial charge in [-0.25, -0.2) is 12.8 Å². The average Bonchev–Trinajstić information content (AvgIpc) is 2.68. The number of halogens is 1. The van der Waals surface area contributed by atoms with Gasteiger partial charge in [0.15, 0.2) is 0 Å². The van der Waals surface area contributed by atoms with Gasteiger partial charge in [-0.05, 0) is 36.8 Å².